The van der Waals surface area contributed by atoms with E-state index >= 15 is 0 Å². The van der Waals surface area contributed by atoms with Gasteiger partial charge in [-0.3, -0.25) is 29.7 Å². The van der Waals surface area contributed by atoms with Crippen LogP contribution >= 0.6 is 11.6 Å². The van der Waals surface area contributed by atoms with Gasteiger partial charge >= 0.3 is 11.9 Å². The molecule has 0 aromatic heterocycles. The van der Waals surface area contributed by atoms with E-state index in [-0.39, 0.29) is 30.1 Å². The molecule has 0 amide bonds. The number of hydrogen-bond acceptors (Lipinski definition) is 11. The molecule has 1 unspecified atom stereocenters. The van der Waals surface area contributed by atoms with Gasteiger partial charge in [-0.15, -0.1) is 0 Å². The summed E-state index contributed by atoms with van der Waals surface area (Å²) < 4.78 is 12.2. The second-order valence-corrected chi connectivity index (χ2v) is 16.8. The summed E-state index contributed by atoms with van der Waals surface area (Å²) in [6.07, 6.45) is 0.667. The van der Waals surface area contributed by atoms with Crippen LogP contribution in [0.2, 0.25) is 5.02 Å². The molecule has 11 nitrogen and oxygen atoms in total. The molecule has 0 bridgehead atoms. The lowest BCUT2D eigenvalue weighted by Crippen LogP contribution is -2.66. The molecule has 7 rings (SSSR count). The monoisotopic (exact) mass is 750 g/mol. The largest absolute Gasteiger partial charge is 0.454 e. The Bertz CT molecular complexity index is 1730. The van der Waals surface area contributed by atoms with Gasteiger partial charge in [0.05, 0.1) is 10.7 Å². The van der Waals surface area contributed by atoms with Crippen molar-refractivity contribution >= 4 is 29.2 Å². The van der Waals surface area contributed by atoms with Crippen LogP contribution in [0.25, 0.3) is 0 Å². The molecule has 2 aliphatic carbocycles. The Kier molecular flexibility index (Phi) is 10.8. The van der Waals surface area contributed by atoms with Crippen LogP contribution in [0.15, 0.2) is 54.1 Å². The number of aliphatic hydroxyl groups is 2. The Morgan fingerprint density at radius 3 is 2.49 bits per heavy atom. The zero-order valence-electron chi connectivity index (χ0n) is 31.8. The smallest absolute Gasteiger partial charge is 0.323 e. The van der Waals surface area contributed by atoms with E-state index in [0.29, 0.717) is 16.3 Å². The van der Waals surface area contributed by atoms with Crippen molar-refractivity contribution in [3.05, 3.63) is 75.8 Å². The minimum atomic E-state index is -1.56. The first-order valence-corrected chi connectivity index (χ1v) is 19.5. The Labute approximate surface area is 318 Å². The maximum Gasteiger partial charge on any atom is 0.323 e. The predicted molar refractivity (Wildman–Crippen MR) is 202 cm³/mol. The first-order chi connectivity index (χ1) is 25.2. The molecule has 2 aromatic rings. The van der Waals surface area contributed by atoms with Crippen LogP contribution in [0.4, 0.5) is 5.69 Å². The molecule has 2 aromatic carbocycles. The minimum Gasteiger partial charge on any atom is -0.454 e. The molecule has 3 fully saturated rings. The van der Waals surface area contributed by atoms with E-state index in [1.54, 1.807) is 25.2 Å². The summed E-state index contributed by atoms with van der Waals surface area (Å²) in [5, 5.41) is 29.9. The number of nitrogens with zero attached hydrogens (tertiary/aromatic N) is 3. The normalized spacial score (nSPS) is 35.1. The standard InChI is InChI=1S/C41H55ClN4O7/c1-24-9-7-10-29(19-24)23-46-17-15-45(16-18-46)22-26(3)30-14-13-27(4)41(50)32(30)20-25(2)36(51-28(5)47)37(41)52-38(48)34-21-40(49)31-11-8-12-33(42)35(31)44(6)53-39(40)43-34/h7-12,19-20,26-27,30,32,34,36-37,39,43,49-50H,13-18,21-23H2,1-6H3/t26?,27-,30+,32-,34+,36-,37+,39-,40-,41-/m1/s1. The number of piperazine rings is 1. The van der Waals surface area contributed by atoms with Gasteiger partial charge in [-0.1, -0.05) is 73.5 Å². The Hall–Kier alpha value is -3.03. The fourth-order valence-corrected chi connectivity index (χ4v) is 10.2. The molecule has 1 saturated carbocycles. The van der Waals surface area contributed by atoms with Crippen LogP contribution in [0, 0.1) is 30.6 Å². The average molecular weight is 751 g/mol. The van der Waals surface area contributed by atoms with Crippen molar-refractivity contribution in [1.29, 1.82) is 0 Å². The zero-order chi connectivity index (χ0) is 37.8. The molecular formula is C41H55ClN4O7. The highest BCUT2D eigenvalue weighted by atomic mass is 35.5. The van der Waals surface area contributed by atoms with Crippen molar-refractivity contribution in [1.82, 2.24) is 15.1 Å². The van der Waals surface area contributed by atoms with Crippen LogP contribution in [0.1, 0.15) is 63.6 Å². The van der Waals surface area contributed by atoms with Gasteiger partial charge in [-0.25, -0.2) is 0 Å². The molecule has 3 N–H and O–H groups in total. The second kappa shape index (κ2) is 14.9. The molecule has 2 saturated heterocycles. The topological polar surface area (TPSA) is 124 Å². The summed E-state index contributed by atoms with van der Waals surface area (Å²) in [5.41, 5.74) is 1.42. The number of anilines is 1. The number of ether oxygens (including phenoxy) is 2. The van der Waals surface area contributed by atoms with E-state index in [1.165, 1.54) is 23.1 Å². The molecule has 53 heavy (non-hydrogen) atoms. The van der Waals surface area contributed by atoms with Gasteiger partial charge in [0.1, 0.15) is 17.2 Å². The third kappa shape index (κ3) is 7.14. The Morgan fingerprint density at radius 1 is 1.06 bits per heavy atom. The SMILES string of the molecule is CC(=O)O[C@@H]1C(C)=C[C@@H]2[C@H](C(C)CN3CCN(Cc4cccc(C)c4)CC3)CC[C@@H](C)[C@]2(O)[C@H]1OC(=O)[C@@H]1C[C@@]2(O)c3cccc(Cl)c3N(C)O[C@H]2N1. The number of benzene rings is 2. The van der Waals surface area contributed by atoms with Gasteiger partial charge in [0.25, 0.3) is 0 Å². The van der Waals surface area contributed by atoms with Crippen LogP contribution in [0.5, 0.6) is 0 Å². The van der Waals surface area contributed by atoms with Crippen molar-refractivity contribution in [2.75, 3.05) is 44.8 Å². The molecule has 5 aliphatic rings. The molecular weight excluding hydrogens is 696 g/mol. The summed E-state index contributed by atoms with van der Waals surface area (Å²) in [5.74, 6) is -1.36. The molecule has 3 heterocycles. The number of carbonyl (C=O) groups excluding carboxylic acids is 2. The van der Waals surface area contributed by atoms with E-state index in [2.05, 4.69) is 59.3 Å². The number of fused-ring (bicyclic) bond motifs is 4. The number of hydrogen-bond donors (Lipinski definition) is 3. The summed E-state index contributed by atoms with van der Waals surface area (Å²) >= 11 is 6.48. The highest BCUT2D eigenvalue weighted by Crippen LogP contribution is 2.53. The van der Waals surface area contributed by atoms with Crippen molar-refractivity contribution in [2.24, 2.45) is 23.7 Å². The lowest BCUT2D eigenvalue weighted by atomic mass is 9.55. The van der Waals surface area contributed by atoms with Crippen LogP contribution in [-0.2, 0) is 36.0 Å². The number of esters is 2. The minimum absolute atomic E-state index is 0.0349. The lowest BCUT2D eigenvalue weighted by Gasteiger charge is -2.56. The van der Waals surface area contributed by atoms with Crippen molar-refractivity contribution in [3.63, 3.8) is 0 Å². The van der Waals surface area contributed by atoms with Crippen LogP contribution in [0.3, 0.4) is 0 Å². The third-order valence-corrected chi connectivity index (χ3v) is 13.0. The van der Waals surface area contributed by atoms with Crippen molar-refractivity contribution in [3.8, 4) is 0 Å². The average Bonchev–Trinajstić information content (AvgIpc) is 3.46. The van der Waals surface area contributed by atoms with E-state index in [4.69, 9.17) is 25.9 Å². The highest BCUT2D eigenvalue weighted by molar-refractivity contribution is 6.33. The fraction of sp³-hybridized carbons (Fsp3) is 0.610. The number of para-hydroxylation sites is 1. The van der Waals surface area contributed by atoms with Crippen LogP contribution < -0.4 is 10.4 Å². The van der Waals surface area contributed by atoms with Gasteiger partial charge in [-0.2, -0.15) is 0 Å². The number of nitrogens with one attached hydrogen (secondary N) is 1. The summed E-state index contributed by atoms with van der Waals surface area (Å²) in [4.78, 5) is 37.7. The third-order valence-electron chi connectivity index (χ3n) is 12.7. The van der Waals surface area contributed by atoms with E-state index < -0.39 is 47.6 Å². The quantitative estimate of drug-likeness (QED) is 0.260. The lowest BCUT2D eigenvalue weighted by molar-refractivity contribution is -0.225. The van der Waals surface area contributed by atoms with E-state index in [0.717, 1.165) is 57.7 Å². The van der Waals surface area contributed by atoms with Gasteiger partial charge in [0.15, 0.2) is 18.4 Å². The summed E-state index contributed by atoms with van der Waals surface area (Å²) in [6.45, 7) is 15.4. The van der Waals surface area contributed by atoms with Gasteiger partial charge < -0.3 is 24.6 Å². The zero-order valence-corrected chi connectivity index (χ0v) is 32.5. The number of carbonyl (C=O) groups is 2. The first kappa shape index (κ1) is 38.3. The summed E-state index contributed by atoms with van der Waals surface area (Å²) in [7, 11) is 1.70. The Morgan fingerprint density at radius 2 is 1.77 bits per heavy atom. The number of rotatable bonds is 8. The maximum absolute atomic E-state index is 14.2. The van der Waals surface area contributed by atoms with Gasteiger partial charge in [0, 0.05) is 71.1 Å². The van der Waals surface area contributed by atoms with Crippen molar-refractivity contribution < 1.29 is 34.1 Å². The van der Waals surface area contributed by atoms with Gasteiger partial charge in [-0.05, 0) is 61.6 Å². The number of hydroxylamine groups is 1. The summed E-state index contributed by atoms with van der Waals surface area (Å²) in [6, 6.07) is 13.0. The highest BCUT2D eigenvalue weighted by Gasteiger charge is 2.62. The molecule has 10 atom stereocenters. The fourth-order valence-electron chi connectivity index (χ4n) is 9.90. The molecule has 0 radical (unpaired) electrons. The van der Waals surface area contributed by atoms with Crippen LogP contribution in [-0.4, -0.2) is 102 Å². The molecule has 0 spiro atoms. The Balaban J connectivity index is 1.08. The van der Waals surface area contributed by atoms with E-state index in [9.17, 15) is 19.8 Å². The molecule has 288 valence electrons. The van der Waals surface area contributed by atoms with Crippen molar-refractivity contribution in [2.45, 2.75) is 96.1 Å². The maximum atomic E-state index is 14.2. The van der Waals surface area contributed by atoms with Gasteiger partial charge in [0.2, 0.25) is 0 Å². The predicted octanol–water partition coefficient (Wildman–Crippen LogP) is 4.56. The first-order valence-electron chi connectivity index (χ1n) is 19.2. The molecule has 3 aliphatic heterocycles. The molecule has 12 heteroatoms. The number of aryl methyl sites for hydroxylation is 1. The second-order valence-electron chi connectivity index (χ2n) is 16.4. The van der Waals surface area contributed by atoms with E-state index in [1.807, 2.05) is 13.8 Å². The number of halogens is 1.